The van der Waals surface area contributed by atoms with E-state index in [1.54, 1.807) is 18.6 Å². The summed E-state index contributed by atoms with van der Waals surface area (Å²) in [7, 11) is 0. The van der Waals surface area contributed by atoms with Crippen LogP contribution in [-0.4, -0.2) is 26.3 Å². The standard InChI is InChI=1S/C15H23N5O/c1-4-5-20-11-14(9-19-20)21-15-10-17-13(8-18-15)7-16-6-12(2)3/h8-12,16H,4-7H2,1-3H3. The number of ether oxygens (including phenoxy) is 1. The summed E-state index contributed by atoms with van der Waals surface area (Å²) in [4.78, 5) is 8.60. The van der Waals surface area contributed by atoms with Crippen molar-refractivity contribution in [2.24, 2.45) is 5.92 Å². The Morgan fingerprint density at radius 1 is 1.24 bits per heavy atom. The molecule has 6 nitrogen and oxygen atoms in total. The fourth-order valence-corrected chi connectivity index (χ4v) is 1.85. The molecule has 0 radical (unpaired) electrons. The van der Waals surface area contributed by atoms with Crippen molar-refractivity contribution in [3.63, 3.8) is 0 Å². The summed E-state index contributed by atoms with van der Waals surface area (Å²) >= 11 is 0. The van der Waals surface area contributed by atoms with Gasteiger partial charge in [-0.25, -0.2) is 4.98 Å². The lowest BCUT2D eigenvalue weighted by atomic mass is 10.2. The highest BCUT2D eigenvalue weighted by Gasteiger charge is 2.03. The van der Waals surface area contributed by atoms with Crippen LogP contribution in [0.4, 0.5) is 0 Å². The first-order valence-corrected chi connectivity index (χ1v) is 7.39. The van der Waals surface area contributed by atoms with Gasteiger partial charge in [0.15, 0.2) is 5.75 Å². The number of rotatable bonds is 8. The minimum Gasteiger partial charge on any atom is -0.434 e. The van der Waals surface area contributed by atoms with E-state index in [1.807, 2.05) is 10.9 Å². The molecule has 0 amide bonds. The van der Waals surface area contributed by atoms with Crippen molar-refractivity contribution in [3.05, 3.63) is 30.5 Å². The molecule has 2 aromatic heterocycles. The minimum atomic E-state index is 0.485. The lowest BCUT2D eigenvalue weighted by Crippen LogP contribution is -2.19. The third kappa shape index (κ3) is 5.15. The van der Waals surface area contributed by atoms with Crippen molar-refractivity contribution < 1.29 is 4.74 Å². The van der Waals surface area contributed by atoms with Gasteiger partial charge in [-0.2, -0.15) is 5.10 Å². The summed E-state index contributed by atoms with van der Waals surface area (Å²) in [6, 6.07) is 0. The first-order valence-electron chi connectivity index (χ1n) is 7.39. The molecule has 0 fully saturated rings. The van der Waals surface area contributed by atoms with E-state index in [2.05, 4.69) is 41.2 Å². The maximum absolute atomic E-state index is 5.63. The van der Waals surface area contributed by atoms with E-state index in [0.29, 0.717) is 17.5 Å². The van der Waals surface area contributed by atoms with Crippen LogP contribution in [0.25, 0.3) is 0 Å². The Labute approximate surface area is 125 Å². The van der Waals surface area contributed by atoms with Gasteiger partial charge in [0, 0.05) is 13.1 Å². The lowest BCUT2D eigenvalue weighted by Gasteiger charge is -2.07. The molecule has 0 saturated heterocycles. The van der Waals surface area contributed by atoms with Gasteiger partial charge in [-0.15, -0.1) is 0 Å². The molecule has 0 aliphatic heterocycles. The van der Waals surface area contributed by atoms with Gasteiger partial charge in [0.05, 0.1) is 30.5 Å². The van der Waals surface area contributed by atoms with Crippen molar-refractivity contribution in [2.75, 3.05) is 6.54 Å². The number of hydrogen-bond acceptors (Lipinski definition) is 5. The van der Waals surface area contributed by atoms with Crippen LogP contribution in [0.5, 0.6) is 11.6 Å². The summed E-state index contributed by atoms with van der Waals surface area (Å²) in [6.07, 6.45) is 7.97. The highest BCUT2D eigenvalue weighted by Crippen LogP contribution is 2.17. The van der Waals surface area contributed by atoms with Crippen LogP contribution in [0.15, 0.2) is 24.8 Å². The highest BCUT2D eigenvalue weighted by atomic mass is 16.5. The van der Waals surface area contributed by atoms with Crippen molar-refractivity contribution in [2.45, 2.75) is 40.3 Å². The minimum absolute atomic E-state index is 0.485. The Balaban J connectivity index is 1.86. The second-order valence-corrected chi connectivity index (χ2v) is 5.41. The molecular weight excluding hydrogens is 266 g/mol. The van der Waals surface area contributed by atoms with Crippen molar-refractivity contribution in [1.29, 1.82) is 0 Å². The average Bonchev–Trinajstić information content (AvgIpc) is 2.88. The van der Waals surface area contributed by atoms with Gasteiger partial charge >= 0.3 is 0 Å². The predicted molar refractivity (Wildman–Crippen MR) is 81.2 cm³/mol. The molecule has 6 heteroatoms. The molecule has 0 saturated carbocycles. The molecule has 114 valence electrons. The maximum Gasteiger partial charge on any atom is 0.238 e. The number of aromatic nitrogens is 4. The smallest absolute Gasteiger partial charge is 0.238 e. The number of hydrogen-bond donors (Lipinski definition) is 1. The van der Waals surface area contributed by atoms with Gasteiger partial charge in [0.1, 0.15) is 0 Å². The van der Waals surface area contributed by atoms with E-state index < -0.39 is 0 Å². The van der Waals surface area contributed by atoms with Crippen LogP contribution in [0.2, 0.25) is 0 Å². The predicted octanol–water partition coefficient (Wildman–Crippen LogP) is 2.62. The monoisotopic (exact) mass is 289 g/mol. The fourth-order valence-electron chi connectivity index (χ4n) is 1.85. The van der Waals surface area contributed by atoms with Crippen LogP contribution >= 0.6 is 0 Å². The normalized spacial score (nSPS) is 11.0. The summed E-state index contributed by atoms with van der Waals surface area (Å²) in [6.45, 7) is 9.04. The van der Waals surface area contributed by atoms with Gasteiger partial charge in [-0.05, 0) is 18.9 Å². The summed E-state index contributed by atoms with van der Waals surface area (Å²) < 4.78 is 7.48. The third-order valence-electron chi connectivity index (χ3n) is 2.83. The molecule has 0 aliphatic rings. The molecule has 2 aromatic rings. The molecule has 0 aliphatic carbocycles. The van der Waals surface area contributed by atoms with E-state index in [4.69, 9.17) is 4.74 Å². The number of aryl methyl sites for hydroxylation is 1. The summed E-state index contributed by atoms with van der Waals surface area (Å²) in [5, 5.41) is 7.54. The lowest BCUT2D eigenvalue weighted by molar-refractivity contribution is 0.456. The molecule has 1 N–H and O–H groups in total. The second-order valence-electron chi connectivity index (χ2n) is 5.41. The van der Waals surface area contributed by atoms with Gasteiger partial charge < -0.3 is 10.1 Å². The summed E-state index contributed by atoms with van der Waals surface area (Å²) in [5.74, 6) is 1.79. The summed E-state index contributed by atoms with van der Waals surface area (Å²) in [5.41, 5.74) is 0.907. The third-order valence-corrected chi connectivity index (χ3v) is 2.83. The van der Waals surface area contributed by atoms with Crippen molar-refractivity contribution >= 4 is 0 Å². The van der Waals surface area contributed by atoms with E-state index >= 15 is 0 Å². The Bertz CT molecular complexity index is 535. The van der Waals surface area contributed by atoms with Gasteiger partial charge in [0.25, 0.3) is 0 Å². The van der Waals surface area contributed by atoms with E-state index in [9.17, 15) is 0 Å². The molecular formula is C15H23N5O. The molecule has 0 bridgehead atoms. The number of nitrogens with one attached hydrogen (secondary N) is 1. The first-order chi connectivity index (χ1) is 10.2. The first kappa shape index (κ1) is 15.4. The maximum atomic E-state index is 5.63. The second kappa shape index (κ2) is 7.73. The Morgan fingerprint density at radius 3 is 2.76 bits per heavy atom. The number of nitrogens with zero attached hydrogens (tertiary/aromatic N) is 4. The van der Waals surface area contributed by atoms with E-state index in [0.717, 1.165) is 31.7 Å². The zero-order chi connectivity index (χ0) is 15.1. The van der Waals surface area contributed by atoms with E-state index in [1.165, 1.54) is 0 Å². The van der Waals surface area contributed by atoms with Crippen LogP contribution in [0, 0.1) is 5.92 Å². The van der Waals surface area contributed by atoms with Gasteiger partial charge in [-0.3, -0.25) is 9.67 Å². The zero-order valence-corrected chi connectivity index (χ0v) is 12.9. The van der Waals surface area contributed by atoms with Crippen molar-refractivity contribution in [3.8, 4) is 11.6 Å². The Hall–Kier alpha value is -1.95. The average molecular weight is 289 g/mol. The molecule has 2 heterocycles. The molecule has 0 unspecified atom stereocenters. The molecule has 0 spiro atoms. The topological polar surface area (TPSA) is 64.9 Å². The molecule has 21 heavy (non-hydrogen) atoms. The van der Waals surface area contributed by atoms with E-state index in [-0.39, 0.29) is 0 Å². The van der Waals surface area contributed by atoms with Crippen LogP contribution in [0.1, 0.15) is 32.9 Å². The van der Waals surface area contributed by atoms with Crippen LogP contribution < -0.4 is 10.1 Å². The van der Waals surface area contributed by atoms with Crippen LogP contribution in [0.3, 0.4) is 0 Å². The molecule has 0 atom stereocenters. The van der Waals surface area contributed by atoms with Gasteiger partial charge in [0.2, 0.25) is 5.88 Å². The quantitative estimate of drug-likeness (QED) is 0.809. The molecule has 0 aromatic carbocycles. The Kier molecular flexibility index (Phi) is 5.68. The Morgan fingerprint density at radius 2 is 2.10 bits per heavy atom. The zero-order valence-electron chi connectivity index (χ0n) is 12.9. The fraction of sp³-hybridized carbons (Fsp3) is 0.533. The molecule has 2 rings (SSSR count). The van der Waals surface area contributed by atoms with Gasteiger partial charge in [-0.1, -0.05) is 20.8 Å². The van der Waals surface area contributed by atoms with Crippen molar-refractivity contribution in [1.82, 2.24) is 25.1 Å². The highest BCUT2D eigenvalue weighted by molar-refractivity contribution is 5.19. The van der Waals surface area contributed by atoms with Crippen LogP contribution in [-0.2, 0) is 13.1 Å². The SMILES string of the molecule is CCCn1cc(Oc2cnc(CNCC(C)C)cn2)cn1. The largest absolute Gasteiger partial charge is 0.434 e.